The van der Waals surface area contributed by atoms with Crippen molar-refractivity contribution in [2.24, 2.45) is 5.92 Å². The van der Waals surface area contributed by atoms with Gasteiger partial charge in [-0.25, -0.2) is 0 Å². The van der Waals surface area contributed by atoms with Crippen molar-refractivity contribution in [2.45, 2.75) is 58.7 Å². The molecule has 0 radical (unpaired) electrons. The van der Waals surface area contributed by atoms with Gasteiger partial charge in [-0.1, -0.05) is 51.7 Å². The SMILES string of the molecule is CCCCC(CC)CC(O)c1cccc(OC(F)F)c1. The first kappa shape index (κ1) is 16.9. The van der Waals surface area contributed by atoms with Crippen LogP contribution >= 0.6 is 0 Å². The molecule has 0 saturated carbocycles. The number of hydrogen-bond acceptors (Lipinski definition) is 2. The van der Waals surface area contributed by atoms with Crippen molar-refractivity contribution in [3.8, 4) is 5.75 Å². The number of unbranched alkanes of at least 4 members (excludes halogenated alkanes) is 1. The lowest BCUT2D eigenvalue weighted by Gasteiger charge is -2.19. The van der Waals surface area contributed by atoms with Crippen molar-refractivity contribution in [1.82, 2.24) is 0 Å². The highest BCUT2D eigenvalue weighted by molar-refractivity contribution is 5.29. The average molecular weight is 286 g/mol. The lowest BCUT2D eigenvalue weighted by atomic mass is 9.90. The van der Waals surface area contributed by atoms with Crippen molar-refractivity contribution in [2.75, 3.05) is 0 Å². The van der Waals surface area contributed by atoms with Crippen molar-refractivity contribution in [3.63, 3.8) is 0 Å². The maximum absolute atomic E-state index is 12.2. The Hall–Kier alpha value is -1.16. The summed E-state index contributed by atoms with van der Waals surface area (Å²) in [5, 5.41) is 10.2. The zero-order valence-electron chi connectivity index (χ0n) is 12.2. The van der Waals surface area contributed by atoms with Gasteiger partial charge < -0.3 is 9.84 Å². The molecular weight excluding hydrogens is 262 g/mol. The molecule has 0 amide bonds. The fourth-order valence-corrected chi connectivity index (χ4v) is 2.33. The standard InChI is InChI=1S/C16H24F2O2/c1-3-5-7-12(4-2)10-15(19)13-8-6-9-14(11-13)20-16(17)18/h6,8-9,11-12,15-16,19H,3-5,7,10H2,1-2H3. The van der Waals surface area contributed by atoms with Crippen LogP contribution in [0.2, 0.25) is 0 Å². The molecule has 0 fully saturated rings. The van der Waals surface area contributed by atoms with Crippen LogP contribution in [0.3, 0.4) is 0 Å². The molecule has 1 aromatic rings. The van der Waals surface area contributed by atoms with Crippen LogP contribution in [0, 0.1) is 5.92 Å². The van der Waals surface area contributed by atoms with Crippen LogP contribution < -0.4 is 4.74 Å². The molecule has 4 heteroatoms. The first-order valence-electron chi connectivity index (χ1n) is 7.29. The fraction of sp³-hybridized carbons (Fsp3) is 0.625. The highest BCUT2D eigenvalue weighted by Crippen LogP contribution is 2.28. The van der Waals surface area contributed by atoms with Crippen LogP contribution in [-0.4, -0.2) is 11.7 Å². The molecule has 0 aliphatic rings. The number of rotatable bonds is 9. The minimum Gasteiger partial charge on any atom is -0.435 e. The van der Waals surface area contributed by atoms with Crippen LogP contribution in [-0.2, 0) is 0 Å². The van der Waals surface area contributed by atoms with Crippen LogP contribution in [0.15, 0.2) is 24.3 Å². The minimum atomic E-state index is -2.84. The number of hydrogen-bond donors (Lipinski definition) is 1. The second kappa shape index (κ2) is 8.90. The maximum Gasteiger partial charge on any atom is 0.387 e. The number of alkyl halides is 2. The van der Waals surface area contributed by atoms with E-state index >= 15 is 0 Å². The third kappa shape index (κ3) is 5.87. The summed E-state index contributed by atoms with van der Waals surface area (Å²) in [5.41, 5.74) is 0.637. The van der Waals surface area contributed by atoms with E-state index in [9.17, 15) is 13.9 Å². The van der Waals surface area contributed by atoms with Gasteiger partial charge in [0.2, 0.25) is 0 Å². The van der Waals surface area contributed by atoms with E-state index in [1.54, 1.807) is 12.1 Å². The highest BCUT2D eigenvalue weighted by atomic mass is 19.3. The van der Waals surface area contributed by atoms with Crippen LogP contribution in [0.1, 0.15) is 57.6 Å². The van der Waals surface area contributed by atoms with Crippen LogP contribution in [0.4, 0.5) is 8.78 Å². The van der Waals surface area contributed by atoms with Gasteiger partial charge in [0.05, 0.1) is 6.10 Å². The molecule has 1 rings (SSSR count). The summed E-state index contributed by atoms with van der Waals surface area (Å²) in [6.45, 7) is 1.42. The summed E-state index contributed by atoms with van der Waals surface area (Å²) in [4.78, 5) is 0. The summed E-state index contributed by atoms with van der Waals surface area (Å²) >= 11 is 0. The number of benzene rings is 1. The molecule has 0 aliphatic carbocycles. The molecule has 2 unspecified atom stereocenters. The van der Waals surface area contributed by atoms with Gasteiger partial charge in [-0.05, 0) is 30.0 Å². The van der Waals surface area contributed by atoms with Crippen molar-refractivity contribution < 1.29 is 18.6 Å². The number of ether oxygens (including phenoxy) is 1. The number of aliphatic hydroxyl groups is 1. The van der Waals surface area contributed by atoms with Gasteiger partial charge in [0, 0.05) is 0 Å². The molecule has 0 saturated heterocycles. The van der Waals surface area contributed by atoms with E-state index in [-0.39, 0.29) is 5.75 Å². The van der Waals surface area contributed by atoms with Crippen molar-refractivity contribution in [3.05, 3.63) is 29.8 Å². The fourth-order valence-electron chi connectivity index (χ4n) is 2.33. The molecular formula is C16H24F2O2. The number of halogens is 2. The zero-order chi connectivity index (χ0) is 15.0. The smallest absolute Gasteiger partial charge is 0.387 e. The minimum absolute atomic E-state index is 0.0955. The molecule has 0 aliphatic heterocycles. The van der Waals surface area contributed by atoms with Gasteiger partial charge in [-0.3, -0.25) is 0 Å². The lowest BCUT2D eigenvalue weighted by molar-refractivity contribution is -0.0500. The Balaban J connectivity index is 2.63. The van der Waals surface area contributed by atoms with Gasteiger partial charge >= 0.3 is 6.61 Å². The van der Waals surface area contributed by atoms with E-state index in [1.165, 1.54) is 12.1 Å². The summed E-state index contributed by atoms with van der Waals surface area (Å²) < 4.78 is 28.7. The first-order chi connectivity index (χ1) is 9.56. The van der Waals surface area contributed by atoms with Crippen LogP contribution in [0.5, 0.6) is 5.75 Å². The molecule has 0 aromatic heterocycles. The topological polar surface area (TPSA) is 29.5 Å². The van der Waals surface area contributed by atoms with Gasteiger partial charge in [0.15, 0.2) is 0 Å². The maximum atomic E-state index is 12.2. The first-order valence-corrected chi connectivity index (χ1v) is 7.29. The molecule has 1 aromatic carbocycles. The van der Waals surface area contributed by atoms with Gasteiger partial charge in [0.25, 0.3) is 0 Å². The molecule has 2 atom stereocenters. The Labute approximate surface area is 119 Å². The van der Waals surface area contributed by atoms with E-state index in [2.05, 4.69) is 18.6 Å². The summed E-state index contributed by atoms with van der Waals surface area (Å²) in [7, 11) is 0. The van der Waals surface area contributed by atoms with Gasteiger partial charge in [0.1, 0.15) is 5.75 Å². The van der Waals surface area contributed by atoms with E-state index < -0.39 is 12.7 Å². The molecule has 0 spiro atoms. The summed E-state index contributed by atoms with van der Waals surface area (Å²) in [6.07, 6.45) is 4.44. The molecule has 114 valence electrons. The largest absolute Gasteiger partial charge is 0.435 e. The predicted octanol–water partition coefficient (Wildman–Crippen LogP) is 4.93. The zero-order valence-corrected chi connectivity index (χ0v) is 12.2. The quantitative estimate of drug-likeness (QED) is 0.697. The van der Waals surface area contributed by atoms with Gasteiger partial charge in [-0.2, -0.15) is 8.78 Å². The Morgan fingerprint density at radius 3 is 2.60 bits per heavy atom. The summed E-state index contributed by atoms with van der Waals surface area (Å²) in [6, 6.07) is 6.33. The predicted molar refractivity (Wildman–Crippen MR) is 76.0 cm³/mol. The molecule has 1 N–H and O–H groups in total. The monoisotopic (exact) mass is 286 g/mol. The lowest BCUT2D eigenvalue weighted by Crippen LogP contribution is -2.08. The molecule has 0 bridgehead atoms. The van der Waals surface area contributed by atoms with E-state index in [0.29, 0.717) is 17.9 Å². The molecule has 2 nitrogen and oxygen atoms in total. The Kier molecular flexibility index (Phi) is 7.52. The Morgan fingerprint density at radius 2 is 2.00 bits per heavy atom. The van der Waals surface area contributed by atoms with Crippen molar-refractivity contribution >= 4 is 0 Å². The second-order valence-corrected chi connectivity index (χ2v) is 5.12. The van der Waals surface area contributed by atoms with E-state index in [4.69, 9.17) is 0 Å². The van der Waals surface area contributed by atoms with Crippen molar-refractivity contribution in [1.29, 1.82) is 0 Å². The van der Waals surface area contributed by atoms with Gasteiger partial charge in [-0.15, -0.1) is 0 Å². The van der Waals surface area contributed by atoms with Crippen LogP contribution in [0.25, 0.3) is 0 Å². The second-order valence-electron chi connectivity index (χ2n) is 5.12. The third-order valence-electron chi connectivity index (χ3n) is 3.57. The average Bonchev–Trinajstić information content (AvgIpc) is 2.42. The molecule has 20 heavy (non-hydrogen) atoms. The normalized spacial score (nSPS) is 14.3. The highest BCUT2D eigenvalue weighted by Gasteiger charge is 2.15. The Morgan fingerprint density at radius 1 is 1.25 bits per heavy atom. The number of aliphatic hydroxyl groups excluding tert-OH is 1. The Bertz CT molecular complexity index is 382. The third-order valence-corrected chi connectivity index (χ3v) is 3.57. The molecule has 0 heterocycles. The summed E-state index contributed by atoms with van der Waals surface area (Å²) in [5.74, 6) is 0.558. The van der Waals surface area contributed by atoms with E-state index in [0.717, 1.165) is 25.7 Å². The van der Waals surface area contributed by atoms with E-state index in [1.807, 2.05) is 0 Å².